The van der Waals surface area contributed by atoms with Crippen LogP contribution in [-0.4, -0.2) is 56.5 Å². The Balaban J connectivity index is 2.41. The van der Waals surface area contributed by atoms with Gasteiger partial charge in [0.15, 0.2) is 0 Å². The molecule has 1 aliphatic rings. The van der Waals surface area contributed by atoms with E-state index in [1.807, 2.05) is 6.92 Å². The predicted molar refractivity (Wildman–Crippen MR) is 76.7 cm³/mol. The van der Waals surface area contributed by atoms with Gasteiger partial charge in [0.05, 0.1) is 5.75 Å². The summed E-state index contributed by atoms with van der Waals surface area (Å²) in [5.74, 6) is 0.224. The first-order valence-electron chi connectivity index (χ1n) is 6.96. The molecule has 0 aromatic heterocycles. The van der Waals surface area contributed by atoms with Crippen molar-refractivity contribution in [1.29, 1.82) is 0 Å². The molecule has 0 aromatic rings. The van der Waals surface area contributed by atoms with Crippen LogP contribution in [-0.2, 0) is 9.84 Å². The zero-order valence-electron chi connectivity index (χ0n) is 12.1. The lowest BCUT2D eigenvalue weighted by Crippen LogP contribution is -2.50. The molecule has 0 radical (unpaired) electrons. The van der Waals surface area contributed by atoms with Crippen LogP contribution in [0, 0.1) is 0 Å². The molecular weight excluding hydrogens is 248 g/mol. The smallest absolute Gasteiger partial charge is 0.148 e. The fraction of sp³-hybridized carbons (Fsp3) is 1.00. The van der Waals surface area contributed by atoms with E-state index in [0.717, 1.165) is 6.54 Å². The summed E-state index contributed by atoms with van der Waals surface area (Å²) in [5, 5.41) is 3.37. The summed E-state index contributed by atoms with van der Waals surface area (Å²) in [4.78, 5) is 2.53. The average Bonchev–Trinajstić information content (AvgIpc) is 2.24. The first kappa shape index (κ1) is 15.9. The molecule has 2 atom stereocenters. The molecule has 0 amide bonds. The van der Waals surface area contributed by atoms with Crippen LogP contribution in [0.4, 0.5) is 0 Å². The van der Waals surface area contributed by atoms with Gasteiger partial charge in [0, 0.05) is 30.9 Å². The molecule has 1 fully saturated rings. The molecule has 1 heterocycles. The van der Waals surface area contributed by atoms with E-state index in [-0.39, 0.29) is 11.8 Å². The fourth-order valence-electron chi connectivity index (χ4n) is 2.77. The standard InChI is InChI=1S/C13H28N2O2S/c1-11(2)15-8-6-5-7-13(15)9-14-12(3)10-18(4,16)17/h11-14H,5-10H2,1-4H3/t12-,13+/m1/s1. The van der Waals surface area contributed by atoms with Gasteiger partial charge in [-0.05, 0) is 40.2 Å². The van der Waals surface area contributed by atoms with Gasteiger partial charge in [0.1, 0.15) is 9.84 Å². The normalized spacial score (nSPS) is 24.4. The van der Waals surface area contributed by atoms with Gasteiger partial charge in [0.25, 0.3) is 0 Å². The van der Waals surface area contributed by atoms with Crippen molar-refractivity contribution in [1.82, 2.24) is 10.2 Å². The summed E-state index contributed by atoms with van der Waals surface area (Å²) < 4.78 is 22.4. The first-order chi connectivity index (χ1) is 8.29. The molecule has 0 bridgehead atoms. The molecular formula is C13H28N2O2S. The summed E-state index contributed by atoms with van der Waals surface area (Å²) in [6.45, 7) is 8.49. The molecule has 0 aromatic carbocycles. The van der Waals surface area contributed by atoms with Gasteiger partial charge in [-0.25, -0.2) is 8.42 Å². The average molecular weight is 276 g/mol. The van der Waals surface area contributed by atoms with Gasteiger partial charge < -0.3 is 5.32 Å². The van der Waals surface area contributed by atoms with E-state index >= 15 is 0 Å². The Labute approximate surface area is 112 Å². The Kier molecular flexibility index (Phi) is 6.08. The number of hydrogen-bond acceptors (Lipinski definition) is 4. The summed E-state index contributed by atoms with van der Waals surface area (Å²) in [6.07, 6.45) is 5.09. The molecule has 0 unspecified atom stereocenters. The van der Waals surface area contributed by atoms with Crippen molar-refractivity contribution in [2.24, 2.45) is 0 Å². The third-order valence-electron chi connectivity index (χ3n) is 3.59. The number of sulfone groups is 1. The van der Waals surface area contributed by atoms with Crippen molar-refractivity contribution in [2.75, 3.05) is 25.1 Å². The lowest BCUT2D eigenvalue weighted by atomic mass is 10.00. The largest absolute Gasteiger partial charge is 0.312 e. The minimum absolute atomic E-state index is 0.0379. The highest BCUT2D eigenvalue weighted by Crippen LogP contribution is 2.18. The van der Waals surface area contributed by atoms with E-state index in [0.29, 0.717) is 12.1 Å². The van der Waals surface area contributed by atoms with Crippen molar-refractivity contribution in [3.8, 4) is 0 Å². The minimum Gasteiger partial charge on any atom is -0.312 e. The molecule has 1 saturated heterocycles. The number of nitrogens with zero attached hydrogens (tertiary/aromatic N) is 1. The maximum atomic E-state index is 11.2. The SMILES string of the molecule is CC(C)N1CCCC[C@H]1CN[C@H](C)CS(C)(=O)=O. The van der Waals surface area contributed by atoms with E-state index in [1.165, 1.54) is 32.1 Å². The number of rotatable bonds is 6. The fourth-order valence-corrected chi connectivity index (χ4v) is 3.80. The molecule has 0 saturated carbocycles. The third-order valence-corrected chi connectivity index (χ3v) is 4.70. The maximum Gasteiger partial charge on any atom is 0.148 e. The highest BCUT2D eigenvalue weighted by molar-refractivity contribution is 7.90. The van der Waals surface area contributed by atoms with Gasteiger partial charge >= 0.3 is 0 Å². The van der Waals surface area contributed by atoms with Crippen LogP contribution in [0.2, 0.25) is 0 Å². The molecule has 1 aliphatic heterocycles. The summed E-state index contributed by atoms with van der Waals surface area (Å²) >= 11 is 0. The molecule has 5 heteroatoms. The Hall–Kier alpha value is -0.130. The maximum absolute atomic E-state index is 11.2. The Morgan fingerprint density at radius 2 is 1.94 bits per heavy atom. The molecule has 0 aliphatic carbocycles. The van der Waals surface area contributed by atoms with Crippen LogP contribution in [0.5, 0.6) is 0 Å². The minimum atomic E-state index is -2.88. The van der Waals surface area contributed by atoms with Crippen molar-refractivity contribution in [2.45, 2.75) is 58.2 Å². The van der Waals surface area contributed by atoms with E-state index in [4.69, 9.17) is 0 Å². The van der Waals surface area contributed by atoms with Crippen molar-refractivity contribution in [3.63, 3.8) is 0 Å². The van der Waals surface area contributed by atoms with Crippen LogP contribution in [0.15, 0.2) is 0 Å². The summed E-state index contributed by atoms with van der Waals surface area (Å²) in [5.41, 5.74) is 0. The highest BCUT2D eigenvalue weighted by Gasteiger charge is 2.24. The number of likely N-dealkylation sites (tertiary alicyclic amines) is 1. The van der Waals surface area contributed by atoms with E-state index < -0.39 is 9.84 Å². The van der Waals surface area contributed by atoms with Gasteiger partial charge in [0.2, 0.25) is 0 Å². The van der Waals surface area contributed by atoms with Gasteiger partial charge in [-0.1, -0.05) is 6.42 Å². The molecule has 1 N–H and O–H groups in total. The van der Waals surface area contributed by atoms with Crippen molar-refractivity contribution >= 4 is 9.84 Å². The second kappa shape index (κ2) is 6.87. The van der Waals surface area contributed by atoms with Crippen LogP contribution in [0.25, 0.3) is 0 Å². The zero-order chi connectivity index (χ0) is 13.8. The zero-order valence-corrected chi connectivity index (χ0v) is 13.0. The molecule has 108 valence electrons. The van der Waals surface area contributed by atoms with Gasteiger partial charge in [-0.3, -0.25) is 4.90 Å². The summed E-state index contributed by atoms with van der Waals surface area (Å²) in [6, 6.07) is 1.17. The molecule has 4 nitrogen and oxygen atoms in total. The second-order valence-corrected chi connectivity index (χ2v) is 8.07. The summed E-state index contributed by atoms with van der Waals surface area (Å²) in [7, 11) is -2.88. The Morgan fingerprint density at radius 3 is 2.50 bits per heavy atom. The van der Waals surface area contributed by atoms with Crippen LogP contribution in [0.3, 0.4) is 0 Å². The quantitative estimate of drug-likeness (QED) is 0.794. The highest BCUT2D eigenvalue weighted by atomic mass is 32.2. The van der Waals surface area contributed by atoms with Crippen molar-refractivity contribution < 1.29 is 8.42 Å². The van der Waals surface area contributed by atoms with E-state index in [1.54, 1.807) is 0 Å². The van der Waals surface area contributed by atoms with Crippen molar-refractivity contribution in [3.05, 3.63) is 0 Å². The Bertz CT molecular complexity index is 341. The van der Waals surface area contributed by atoms with E-state index in [9.17, 15) is 8.42 Å². The number of hydrogen-bond donors (Lipinski definition) is 1. The lowest BCUT2D eigenvalue weighted by molar-refractivity contribution is 0.109. The molecule has 1 rings (SSSR count). The third kappa shape index (κ3) is 5.67. The van der Waals surface area contributed by atoms with E-state index in [2.05, 4.69) is 24.1 Å². The molecule has 0 spiro atoms. The monoisotopic (exact) mass is 276 g/mol. The second-order valence-electron chi connectivity index (χ2n) is 5.88. The van der Waals surface area contributed by atoms with Crippen LogP contribution in [0.1, 0.15) is 40.0 Å². The first-order valence-corrected chi connectivity index (χ1v) is 9.02. The lowest BCUT2D eigenvalue weighted by Gasteiger charge is -2.39. The predicted octanol–water partition coefficient (Wildman–Crippen LogP) is 1.27. The number of nitrogens with one attached hydrogen (secondary N) is 1. The van der Waals surface area contributed by atoms with Gasteiger partial charge in [-0.2, -0.15) is 0 Å². The van der Waals surface area contributed by atoms with Gasteiger partial charge in [-0.15, -0.1) is 0 Å². The number of piperidine rings is 1. The Morgan fingerprint density at radius 1 is 1.28 bits per heavy atom. The van der Waals surface area contributed by atoms with Crippen LogP contribution >= 0.6 is 0 Å². The van der Waals surface area contributed by atoms with Crippen LogP contribution < -0.4 is 5.32 Å². The topological polar surface area (TPSA) is 49.4 Å². The molecule has 18 heavy (non-hydrogen) atoms.